The van der Waals surface area contributed by atoms with E-state index in [0.29, 0.717) is 37.6 Å². The topological polar surface area (TPSA) is 61.8 Å². The molecule has 1 amide bonds. The summed E-state index contributed by atoms with van der Waals surface area (Å²) >= 11 is 8.06. The first kappa shape index (κ1) is 27.6. The van der Waals surface area contributed by atoms with Crippen LogP contribution in [0.5, 0.6) is 0 Å². The van der Waals surface area contributed by atoms with E-state index in [1.54, 1.807) is 11.8 Å². The number of para-hydroxylation sites is 1. The standard InChI is InChI=1S/C32H32ClN5O2S/c33-27-11-4-5-12-29(27)36-13-15-37(16-14-36)30-22-28(25-8-2-1-3-9-25)34-32(35-30)41-23-24-7-6-10-26(21-24)31(39)38-17-19-40-20-18-38/h1-12,21-22H,13-20,23H2. The Kier molecular flexibility index (Phi) is 8.70. The van der Waals surface area contributed by atoms with Crippen LogP contribution in [-0.4, -0.2) is 73.3 Å². The number of thioether (sulfide) groups is 1. The summed E-state index contributed by atoms with van der Waals surface area (Å²) in [6.45, 7) is 5.85. The summed E-state index contributed by atoms with van der Waals surface area (Å²) in [6, 6.07) is 28.2. The number of aromatic nitrogens is 2. The summed E-state index contributed by atoms with van der Waals surface area (Å²) in [5.41, 5.74) is 4.82. The molecule has 210 valence electrons. The number of amides is 1. The van der Waals surface area contributed by atoms with E-state index >= 15 is 0 Å². The molecule has 0 atom stereocenters. The van der Waals surface area contributed by atoms with E-state index in [9.17, 15) is 4.79 Å². The molecule has 0 unspecified atom stereocenters. The van der Waals surface area contributed by atoms with E-state index in [4.69, 9.17) is 26.3 Å². The lowest BCUT2D eigenvalue weighted by molar-refractivity contribution is 0.0303. The number of piperazine rings is 1. The third kappa shape index (κ3) is 6.67. The first-order valence-corrected chi connectivity index (χ1v) is 15.3. The fraction of sp³-hybridized carbons (Fsp3) is 0.281. The van der Waals surface area contributed by atoms with Crippen molar-refractivity contribution in [2.75, 3.05) is 62.3 Å². The Morgan fingerprint density at radius 1 is 0.805 bits per heavy atom. The van der Waals surface area contributed by atoms with Crippen LogP contribution in [-0.2, 0) is 10.5 Å². The number of carbonyl (C=O) groups is 1. The first-order valence-electron chi connectivity index (χ1n) is 13.9. The Morgan fingerprint density at radius 3 is 2.32 bits per heavy atom. The van der Waals surface area contributed by atoms with Crippen molar-refractivity contribution in [2.45, 2.75) is 10.9 Å². The van der Waals surface area contributed by atoms with E-state index in [1.165, 1.54) is 0 Å². The van der Waals surface area contributed by atoms with Gasteiger partial charge in [-0.05, 0) is 29.8 Å². The molecule has 0 saturated carbocycles. The van der Waals surface area contributed by atoms with Crippen LogP contribution < -0.4 is 9.80 Å². The fourth-order valence-electron chi connectivity index (χ4n) is 5.17. The van der Waals surface area contributed by atoms with Crippen molar-refractivity contribution in [2.24, 2.45) is 0 Å². The van der Waals surface area contributed by atoms with Crippen LogP contribution >= 0.6 is 23.4 Å². The number of anilines is 2. The molecule has 2 fully saturated rings. The van der Waals surface area contributed by atoms with Gasteiger partial charge in [0.05, 0.1) is 29.6 Å². The van der Waals surface area contributed by atoms with Gasteiger partial charge >= 0.3 is 0 Å². The summed E-state index contributed by atoms with van der Waals surface area (Å²) in [7, 11) is 0. The second-order valence-electron chi connectivity index (χ2n) is 10.1. The molecule has 9 heteroatoms. The molecule has 6 rings (SSSR count). The quantitative estimate of drug-likeness (QED) is 0.198. The van der Waals surface area contributed by atoms with Gasteiger partial charge in [0.2, 0.25) is 0 Å². The molecule has 41 heavy (non-hydrogen) atoms. The number of morpholine rings is 1. The Hall–Kier alpha value is -3.59. The maximum Gasteiger partial charge on any atom is 0.254 e. The lowest BCUT2D eigenvalue weighted by atomic mass is 10.1. The molecular formula is C32H32ClN5O2S. The molecule has 0 N–H and O–H groups in total. The average Bonchev–Trinajstić information content (AvgIpc) is 3.04. The lowest BCUT2D eigenvalue weighted by Crippen LogP contribution is -2.47. The van der Waals surface area contributed by atoms with Gasteiger partial charge in [0, 0.05) is 62.2 Å². The second kappa shape index (κ2) is 12.9. The number of nitrogens with zero attached hydrogens (tertiary/aromatic N) is 5. The van der Waals surface area contributed by atoms with Crippen molar-refractivity contribution in [3.63, 3.8) is 0 Å². The molecule has 4 aromatic rings. The Morgan fingerprint density at radius 2 is 1.54 bits per heavy atom. The van der Waals surface area contributed by atoms with E-state index in [1.807, 2.05) is 59.5 Å². The van der Waals surface area contributed by atoms with Gasteiger partial charge in [-0.1, -0.05) is 78.0 Å². The van der Waals surface area contributed by atoms with Gasteiger partial charge < -0.3 is 19.4 Å². The molecule has 3 aromatic carbocycles. The van der Waals surface area contributed by atoms with Crippen LogP contribution in [0.4, 0.5) is 11.5 Å². The maximum absolute atomic E-state index is 13.0. The Labute approximate surface area is 250 Å². The molecule has 2 saturated heterocycles. The predicted molar refractivity (Wildman–Crippen MR) is 166 cm³/mol. The molecule has 1 aromatic heterocycles. The van der Waals surface area contributed by atoms with Gasteiger partial charge in [0.25, 0.3) is 5.91 Å². The molecule has 2 aliphatic heterocycles. The summed E-state index contributed by atoms with van der Waals surface area (Å²) in [4.78, 5) is 29.4. The number of halogens is 1. The third-order valence-corrected chi connectivity index (χ3v) is 8.64. The molecule has 7 nitrogen and oxygen atoms in total. The second-order valence-corrected chi connectivity index (χ2v) is 11.4. The zero-order valence-corrected chi connectivity index (χ0v) is 24.4. The average molecular weight is 586 g/mol. The Balaban J connectivity index is 1.19. The first-order chi connectivity index (χ1) is 20.1. The van der Waals surface area contributed by atoms with Crippen molar-refractivity contribution in [3.05, 3.63) is 101 Å². The van der Waals surface area contributed by atoms with Gasteiger partial charge in [0.1, 0.15) is 5.82 Å². The van der Waals surface area contributed by atoms with Crippen molar-refractivity contribution in [3.8, 4) is 11.3 Å². The summed E-state index contributed by atoms with van der Waals surface area (Å²) in [5, 5.41) is 1.50. The van der Waals surface area contributed by atoms with Gasteiger partial charge in [-0.15, -0.1) is 0 Å². The third-order valence-electron chi connectivity index (χ3n) is 7.40. The van der Waals surface area contributed by atoms with E-state index in [2.05, 4.69) is 40.1 Å². The number of rotatable bonds is 7. The van der Waals surface area contributed by atoms with Crippen LogP contribution in [0.3, 0.4) is 0 Å². The van der Waals surface area contributed by atoms with Crippen LogP contribution in [0.25, 0.3) is 11.3 Å². The minimum absolute atomic E-state index is 0.0562. The van der Waals surface area contributed by atoms with Crippen LogP contribution in [0.1, 0.15) is 15.9 Å². The smallest absolute Gasteiger partial charge is 0.254 e. The molecular weight excluding hydrogens is 554 g/mol. The zero-order valence-electron chi connectivity index (χ0n) is 22.8. The minimum Gasteiger partial charge on any atom is -0.378 e. The van der Waals surface area contributed by atoms with Crippen molar-refractivity contribution in [1.82, 2.24) is 14.9 Å². The fourth-order valence-corrected chi connectivity index (χ4v) is 6.22. The zero-order chi connectivity index (χ0) is 28.0. The molecule has 0 radical (unpaired) electrons. The SMILES string of the molecule is O=C(c1cccc(CSc2nc(-c3ccccc3)cc(N3CCN(c4ccccc4Cl)CC3)n2)c1)N1CCOCC1. The molecule has 0 bridgehead atoms. The summed E-state index contributed by atoms with van der Waals surface area (Å²) in [6.07, 6.45) is 0. The van der Waals surface area contributed by atoms with Crippen LogP contribution in [0, 0.1) is 0 Å². The van der Waals surface area contributed by atoms with Crippen molar-refractivity contribution >= 4 is 40.8 Å². The summed E-state index contributed by atoms with van der Waals surface area (Å²) < 4.78 is 5.40. The minimum atomic E-state index is 0.0562. The van der Waals surface area contributed by atoms with Crippen molar-refractivity contribution < 1.29 is 9.53 Å². The number of ether oxygens (including phenoxy) is 1. The van der Waals surface area contributed by atoms with E-state index in [-0.39, 0.29) is 5.91 Å². The molecule has 0 spiro atoms. The number of hydrogen-bond acceptors (Lipinski definition) is 7. The molecule has 3 heterocycles. The molecule has 0 aliphatic carbocycles. The monoisotopic (exact) mass is 585 g/mol. The van der Waals surface area contributed by atoms with Crippen molar-refractivity contribution in [1.29, 1.82) is 0 Å². The predicted octanol–water partition coefficient (Wildman–Crippen LogP) is 5.89. The van der Waals surface area contributed by atoms with Crippen LogP contribution in [0.2, 0.25) is 5.02 Å². The maximum atomic E-state index is 13.0. The highest BCUT2D eigenvalue weighted by molar-refractivity contribution is 7.98. The Bertz CT molecular complexity index is 1490. The lowest BCUT2D eigenvalue weighted by Gasteiger charge is -2.37. The normalized spacial score (nSPS) is 15.7. The van der Waals surface area contributed by atoms with E-state index < -0.39 is 0 Å². The van der Waals surface area contributed by atoms with E-state index in [0.717, 1.165) is 64.7 Å². The largest absolute Gasteiger partial charge is 0.378 e. The van der Waals surface area contributed by atoms with Gasteiger partial charge in [-0.25, -0.2) is 9.97 Å². The van der Waals surface area contributed by atoms with Crippen LogP contribution in [0.15, 0.2) is 90.1 Å². The van der Waals surface area contributed by atoms with Gasteiger partial charge in [0.15, 0.2) is 5.16 Å². The molecule has 2 aliphatic rings. The van der Waals surface area contributed by atoms with Gasteiger partial charge in [-0.2, -0.15) is 0 Å². The highest BCUT2D eigenvalue weighted by Crippen LogP contribution is 2.30. The number of hydrogen-bond donors (Lipinski definition) is 0. The highest BCUT2D eigenvalue weighted by Gasteiger charge is 2.22. The number of benzene rings is 3. The number of carbonyl (C=O) groups excluding carboxylic acids is 1. The highest BCUT2D eigenvalue weighted by atomic mass is 35.5. The van der Waals surface area contributed by atoms with Gasteiger partial charge in [-0.3, -0.25) is 4.79 Å². The summed E-state index contributed by atoms with van der Waals surface area (Å²) in [5.74, 6) is 1.65.